The molecule has 2 fully saturated rings. The number of carbonyl (C=O) groups excluding carboxylic acids is 3. The average molecular weight is 462 g/mol. The molecule has 0 N–H and O–H groups in total. The highest BCUT2D eigenvalue weighted by Crippen LogP contribution is 2.58. The highest BCUT2D eigenvalue weighted by Gasteiger charge is 2.62. The van der Waals surface area contributed by atoms with Crippen molar-refractivity contribution in [1.29, 1.82) is 0 Å². The predicted molar refractivity (Wildman–Crippen MR) is 132 cm³/mol. The Morgan fingerprint density at radius 3 is 1.63 bits per heavy atom. The monoisotopic (exact) mass is 461 g/mol. The second-order valence-electron chi connectivity index (χ2n) is 9.10. The molecule has 3 aromatic carbocycles. The van der Waals surface area contributed by atoms with Crippen molar-refractivity contribution in [1.82, 2.24) is 0 Å². The van der Waals surface area contributed by atoms with E-state index in [0.717, 1.165) is 22.3 Å². The molecule has 2 amide bonds. The number of carbonyl (C=O) groups is 3. The van der Waals surface area contributed by atoms with Gasteiger partial charge in [0, 0.05) is 11.8 Å². The molecule has 0 aromatic heterocycles. The van der Waals surface area contributed by atoms with Crippen LogP contribution in [0.15, 0.2) is 103 Å². The molecule has 4 atom stereocenters. The summed E-state index contributed by atoms with van der Waals surface area (Å²) in [4.78, 5) is 40.4. The summed E-state index contributed by atoms with van der Waals surface area (Å²) in [5.74, 6) is -1.92. The maximum Gasteiger partial charge on any atom is 0.337 e. The minimum Gasteiger partial charge on any atom is -0.465 e. The van der Waals surface area contributed by atoms with Crippen LogP contribution in [-0.2, 0) is 14.3 Å². The average Bonchev–Trinajstić information content (AvgIpc) is 3.54. The van der Waals surface area contributed by atoms with Gasteiger partial charge in [0.05, 0.1) is 30.2 Å². The quantitative estimate of drug-likeness (QED) is 0.315. The van der Waals surface area contributed by atoms with Crippen molar-refractivity contribution in [2.45, 2.75) is 0 Å². The van der Waals surface area contributed by atoms with Gasteiger partial charge in [0.1, 0.15) is 0 Å². The lowest BCUT2D eigenvalue weighted by molar-refractivity contribution is -0.122. The van der Waals surface area contributed by atoms with E-state index in [2.05, 4.69) is 36.4 Å². The van der Waals surface area contributed by atoms with E-state index >= 15 is 0 Å². The molecule has 6 rings (SSSR count). The number of imide groups is 1. The van der Waals surface area contributed by atoms with E-state index in [1.165, 1.54) is 12.0 Å². The molecule has 4 unspecified atom stereocenters. The SMILES string of the molecule is COC(=O)c1ccc(N2C(=O)C3C4C=CC(C4=C(c4ccccc4)c4ccccc4)C3C2=O)cc1. The first-order chi connectivity index (χ1) is 17.1. The molecule has 172 valence electrons. The van der Waals surface area contributed by atoms with E-state index in [-0.39, 0.29) is 23.7 Å². The number of nitrogens with zero attached hydrogens (tertiary/aromatic N) is 1. The molecule has 1 saturated carbocycles. The normalized spacial score (nSPS) is 24.1. The van der Waals surface area contributed by atoms with E-state index in [4.69, 9.17) is 4.74 Å². The third-order valence-electron chi connectivity index (χ3n) is 7.38. The Morgan fingerprint density at radius 1 is 0.686 bits per heavy atom. The molecule has 35 heavy (non-hydrogen) atoms. The molecule has 5 heteroatoms. The Kier molecular flexibility index (Phi) is 4.99. The van der Waals surface area contributed by atoms with Crippen LogP contribution in [0.1, 0.15) is 21.5 Å². The fraction of sp³-hybridized carbons (Fsp3) is 0.167. The van der Waals surface area contributed by atoms with Gasteiger partial charge in [-0.15, -0.1) is 0 Å². The smallest absolute Gasteiger partial charge is 0.337 e. The number of benzene rings is 3. The van der Waals surface area contributed by atoms with Gasteiger partial charge in [-0.2, -0.15) is 0 Å². The van der Waals surface area contributed by atoms with Crippen molar-refractivity contribution >= 4 is 29.0 Å². The number of hydrogen-bond donors (Lipinski definition) is 0. The standard InChI is InChI=1S/C30H23NO4/c1-35-30(34)20-12-14-21(15-13-20)31-28(32)26-22-16-17-23(27(26)29(31)33)25(22)24(18-8-4-2-5-9-18)19-10-6-3-7-11-19/h2-17,22-23,26-27H,1H3. The van der Waals surface area contributed by atoms with Crippen LogP contribution in [-0.4, -0.2) is 24.9 Å². The summed E-state index contributed by atoms with van der Waals surface area (Å²) < 4.78 is 4.75. The molecule has 3 aromatic rings. The van der Waals surface area contributed by atoms with E-state index < -0.39 is 17.8 Å². The summed E-state index contributed by atoms with van der Waals surface area (Å²) >= 11 is 0. The lowest BCUT2D eigenvalue weighted by Crippen LogP contribution is -2.33. The summed E-state index contributed by atoms with van der Waals surface area (Å²) in [5.41, 5.74) is 5.29. The van der Waals surface area contributed by atoms with Crippen molar-refractivity contribution in [3.8, 4) is 0 Å². The van der Waals surface area contributed by atoms with E-state index in [0.29, 0.717) is 11.3 Å². The summed E-state index contributed by atoms with van der Waals surface area (Å²) in [5, 5.41) is 0. The third kappa shape index (κ3) is 3.19. The van der Waals surface area contributed by atoms with Gasteiger partial charge in [-0.25, -0.2) is 9.69 Å². The largest absolute Gasteiger partial charge is 0.465 e. The van der Waals surface area contributed by atoms with Crippen LogP contribution in [0, 0.1) is 23.7 Å². The van der Waals surface area contributed by atoms with E-state index in [1.54, 1.807) is 24.3 Å². The Bertz CT molecular complexity index is 1310. The van der Waals surface area contributed by atoms with Crippen LogP contribution in [0.4, 0.5) is 5.69 Å². The van der Waals surface area contributed by atoms with Gasteiger partial charge in [-0.3, -0.25) is 9.59 Å². The summed E-state index contributed by atoms with van der Waals surface area (Å²) in [6.07, 6.45) is 4.20. The molecule has 5 nitrogen and oxygen atoms in total. The Labute approximate surface area is 203 Å². The van der Waals surface area contributed by atoms with Crippen LogP contribution in [0.25, 0.3) is 5.57 Å². The Hall–Kier alpha value is -4.25. The molecular formula is C30H23NO4. The topological polar surface area (TPSA) is 63.7 Å². The van der Waals surface area contributed by atoms with Crippen LogP contribution in [0.3, 0.4) is 0 Å². The van der Waals surface area contributed by atoms with E-state index in [1.807, 2.05) is 36.4 Å². The maximum atomic E-state index is 13.7. The number of methoxy groups -OCH3 is 1. The zero-order valence-electron chi connectivity index (χ0n) is 19.1. The first-order valence-corrected chi connectivity index (χ1v) is 11.7. The number of esters is 1. The minimum absolute atomic E-state index is 0.129. The lowest BCUT2D eigenvalue weighted by atomic mass is 9.85. The van der Waals surface area contributed by atoms with Crippen LogP contribution < -0.4 is 4.90 Å². The van der Waals surface area contributed by atoms with Crippen molar-refractivity contribution < 1.29 is 19.1 Å². The molecular weight excluding hydrogens is 438 g/mol. The zero-order valence-corrected chi connectivity index (χ0v) is 19.1. The van der Waals surface area contributed by atoms with Crippen molar-refractivity contribution in [2.24, 2.45) is 23.7 Å². The number of hydrogen-bond acceptors (Lipinski definition) is 4. The van der Waals surface area contributed by atoms with Gasteiger partial charge < -0.3 is 4.74 Å². The first kappa shape index (κ1) is 21.3. The van der Waals surface area contributed by atoms with Crippen LogP contribution >= 0.6 is 0 Å². The molecule has 1 heterocycles. The molecule has 3 aliphatic rings. The maximum absolute atomic E-state index is 13.7. The minimum atomic E-state index is -0.459. The number of ether oxygens (including phenoxy) is 1. The summed E-state index contributed by atoms with van der Waals surface area (Å²) in [6.45, 7) is 0. The first-order valence-electron chi connectivity index (χ1n) is 11.7. The fourth-order valence-corrected chi connectivity index (χ4v) is 5.93. The zero-order chi connectivity index (χ0) is 24.1. The highest BCUT2D eigenvalue weighted by atomic mass is 16.5. The van der Waals surface area contributed by atoms with Crippen LogP contribution in [0.2, 0.25) is 0 Å². The van der Waals surface area contributed by atoms with E-state index in [9.17, 15) is 14.4 Å². The molecule has 0 radical (unpaired) electrons. The number of rotatable bonds is 4. The van der Waals surface area contributed by atoms with Gasteiger partial charge in [0.2, 0.25) is 11.8 Å². The fourth-order valence-electron chi connectivity index (χ4n) is 5.93. The van der Waals surface area contributed by atoms with Gasteiger partial charge in [0.25, 0.3) is 0 Å². The summed E-state index contributed by atoms with van der Waals surface area (Å²) in [7, 11) is 1.32. The molecule has 0 spiro atoms. The Balaban J connectivity index is 1.42. The highest BCUT2D eigenvalue weighted by molar-refractivity contribution is 6.23. The third-order valence-corrected chi connectivity index (χ3v) is 7.38. The number of fused-ring (bicyclic) bond motifs is 5. The second kappa shape index (κ2) is 8.20. The van der Waals surface area contributed by atoms with Crippen molar-refractivity contribution in [3.63, 3.8) is 0 Å². The molecule has 2 aliphatic carbocycles. The summed E-state index contributed by atoms with van der Waals surface area (Å²) in [6, 6.07) is 26.8. The van der Waals surface area contributed by atoms with Crippen LogP contribution in [0.5, 0.6) is 0 Å². The second-order valence-corrected chi connectivity index (χ2v) is 9.10. The van der Waals surface area contributed by atoms with Gasteiger partial charge in [0.15, 0.2) is 0 Å². The number of anilines is 1. The van der Waals surface area contributed by atoms with Gasteiger partial charge in [-0.05, 0) is 46.5 Å². The van der Waals surface area contributed by atoms with Gasteiger partial charge in [-0.1, -0.05) is 72.8 Å². The van der Waals surface area contributed by atoms with Crippen molar-refractivity contribution in [3.05, 3.63) is 119 Å². The number of amides is 2. The van der Waals surface area contributed by atoms with Crippen molar-refractivity contribution in [2.75, 3.05) is 12.0 Å². The van der Waals surface area contributed by atoms with Gasteiger partial charge >= 0.3 is 5.97 Å². The molecule has 1 saturated heterocycles. The molecule has 2 bridgehead atoms. The molecule has 1 aliphatic heterocycles. The Morgan fingerprint density at radius 2 is 1.17 bits per heavy atom. The lowest BCUT2D eigenvalue weighted by Gasteiger charge is -2.21. The number of allylic oxidation sites excluding steroid dienone is 3. The predicted octanol–water partition coefficient (Wildman–Crippen LogP) is 4.90.